The zero-order chi connectivity index (χ0) is 46.7. The highest BCUT2D eigenvalue weighted by atomic mass is 31.2. The molecule has 0 fully saturated rings. The largest absolute Gasteiger partial charge is 0.472 e. The monoisotopic (exact) mass is 930 g/mol. The molecule has 0 amide bonds. The molecule has 0 bridgehead atoms. The predicted octanol–water partition coefficient (Wildman–Crippen LogP) is 17.8. The number of carbonyl (C=O) groups excluding carboxylic acids is 1. The second-order valence-corrected chi connectivity index (χ2v) is 21.0. The van der Waals surface area contributed by atoms with E-state index in [9.17, 15) is 14.3 Å². The molecule has 0 aromatic carbocycles. The molecule has 9 heteroatoms. The quantitative estimate of drug-likeness (QED) is 0.0352. The van der Waals surface area contributed by atoms with Crippen LogP contribution < -0.4 is 5.73 Å². The first-order valence-corrected chi connectivity index (χ1v) is 30.0. The Labute approximate surface area is 399 Å². The molecule has 3 N–H and O–H groups in total. The molecule has 0 saturated carbocycles. The first-order valence-electron chi connectivity index (χ1n) is 28.5. The van der Waals surface area contributed by atoms with E-state index in [-0.39, 0.29) is 38.3 Å². The van der Waals surface area contributed by atoms with Crippen LogP contribution in [0.2, 0.25) is 0 Å². The topological polar surface area (TPSA) is 117 Å². The van der Waals surface area contributed by atoms with Crippen molar-refractivity contribution in [1.82, 2.24) is 0 Å². The van der Waals surface area contributed by atoms with E-state index in [1.807, 2.05) is 0 Å². The van der Waals surface area contributed by atoms with Gasteiger partial charge in [0.25, 0.3) is 0 Å². The SMILES string of the molecule is CCCCCCCCCCCCCCCCO[C@@H](COC(=O)C(CCCCCCCCCCCCCCCC)CCCCCCCCCCCCCCCC)COP(=O)(O)OCCN. The van der Waals surface area contributed by atoms with Crippen molar-refractivity contribution in [3.63, 3.8) is 0 Å². The molecule has 0 aliphatic heterocycles. The molecule has 0 radical (unpaired) electrons. The highest BCUT2D eigenvalue weighted by molar-refractivity contribution is 7.47. The first-order chi connectivity index (χ1) is 31.4. The Morgan fingerprint density at radius 3 is 1.03 bits per heavy atom. The molecule has 0 rings (SSSR count). The Balaban J connectivity index is 4.83. The molecule has 0 spiro atoms. The summed E-state index contributed by atoms with van der Waals surface area (Å²) in [5.41, 5.74) is 5.48. The number of unbranched alkanes of at least 4 members (excludes halogenated alkanes) is 39. The first kappa shape index (κ1) is 63.5. The molecule has 0 aliphatic carbocycles. The van der Waals surface area contributed by atoms with Crippen LogP contribution in [0.15, 0.2) is 0 Å². The smallest absolute Gasteiger partial charge is 0.463 e. The van der Waals surface area contributed by atoms with Crippen LogP contribution in [0.1, 0.15) is 303 Å². The van der Waals surface area contributed by atoms with Crippen molar-refractivity contribution in [1.29, 1.82) is 0 Å². The lowest BCUT2D eigenvalue weighted by atomic mass is 9.94. The van der Waals surface area contributed by atoms with Gasteiger partial charge in [-0.2, -0.15) is 0 Å². The number of phosphoric acid groups is 1. The second kappa shape index (κ2) is 51.9. The van der Waals surface area contributed by atoms with Gasteiger partial charge in [0.15, 0.2) is 0 Å². The summed E-state index contributed by atoms with van der Waals surface area (Å²) >= 11 is 0. The third-order valence-corrected chi connectivity index (χ3v) is 14.2. The fourth-order valence-corrected chi connectivity index (χ4v) is 9.68. The zero-order valence-electron chi connectivity index (χ0n) is 43.2. The van der Waals surface area contributed by atoms with Crippen molar-refractivity contribution in [3.05, 3.63) is 0 Å². The van der Waals surface area contributed by atoms with Crippen LogP contribution in [0.4, 0.5) is 0 Å². The molecule has 1 unspecified atom stereocenters. The molecular formula is C55H112NO7P. The average molecular weight is 930 g/mol. The van der Waals surface area contributed by atoms with E-state index in [1.54, 1.807) is 0 Å². The minimum absolute atomic E-state index is 0.00229. The number of ether oxygens (including phenoxy) is 2. The van der Waals surface area contributed by atoms with E-state index in [4.69, 9.17) is 24.3 Å². The Morgan fingerprint density at radius 1 is 0.422 bits per heavy atom. The van der Waals surface area contributed by atoms with Crippen LogP contribution in [0.25, 0.3) is 0 Å². The fourth-order valence-electron chi connectivity index (χ4n) is 8.92. The molecule has 384 valence electrons. The number of esters is 1. The van der Waals surface area contributed by atoms with Gasteiger partial charge in [-0.1, -0.05) is 284 Å². The van der Waals surface area contributed by atoms with Gasteiger partial charge in [0.05, 0.1) is 19.1 Å². The van der Waals surface area contributed by atoms with Gasteiger partial charge in [-0.25, -0.2) is 4.57 Å². The third-order valence-electron chi connectivity index (χ3n) is 13.2. The lowest BCUT2D eigenvalue weighted by molar-refractivity contribution is -0.154. The van der Waals surface area contributed by atoms with Crippen LogP contribution in [0.5, 0.6) is 0 Å². The van der Waals surface area contributed by atoms with E-state index < -0.39 is 13.9 Å². The van der Waals surface area contributed by atoms with E-state index in [0.717, 1.165) is 51.4 Å². The molecule has 0 aliphatic rings. The summed E-state index contributed by atoms with van der Waals surface area (Å²) in [6.07, 6.45) is 55.9. The lowest BCUT2D eigenvalue weighted by Crippen LogP contribution is -2.29. The van der Waals surface area contributed by atoms with Crippen molar-refractivity contribution < 1.29 is 32.8 Å². The number of rotatable bonds is 55. The third kappa shape index (κ3) is 48.0. The molecule has 0 saturated heterocycles. The van der Waals surface area contributed by atoms with E-state index >= 15 is 0 Å². The summed E-state index contributed by atoms with van der Waals surface area (Å²) in [4.78, 5) is 23.8. The minimum Gasteiger partial charge on any atom is -0.463 e. The summed E-state index contributed by atoms with van der Waals surface area (Å²) in [6.45, 7) is 7.18. The molecular weight excluding hydrogens is 818 g/mol. The standard InChI is InChI=1S/C55H112NO7P/c1-4-7-10-13-16-19-22-25-28-31-34-37-40-43-46-53(47-44-41-38-35-32-29-26-23-20-17-14-11-8-5-2)55(57)61-51-54(52-63-64(58,59)62-50-48-56)60-49-45-42-39-36-33-30-27-24-21-18-15-12-9-6-3/h53-54H,4-52,56H2,1-3H3,(H,58,59)/t54-/m0/s1. The number of nitrogens with two attached hydrogens (primary N) is 1. The molecule has 0 aromatic heterocycles. The number of carbonyl (C=O) groups is 1. The summed E-state index contributed by atoms with van der Waals surface area (Å²) in [5.74, 6) is -0.292. The maximum atomic E-state index is 13.7. The van der Waals surface area contributed by atoms with Gasteiger partial charge < -0.3 is 20.1 Å². The number of hydrogen-bond acceptors (Lipinski definition) is 7. The number of hydrogen-bond donors (Lipinski definition) is 2. The highest BCUT2D eigenvalue weighted by Gasteiger charge is 2.26. The van der Waals surface area contributed by atoms with Gasteiger partial charge >= 0.3 is 13.8 Å². The summed E-state index contributed by atoms with van der Waals surface area (Å²) in [5, 5.41) is 0. The Hall–Kier alpha value is -0.500. The molecule has 8 nitrogen and oxygen atoms in total. The normalized spacial score (nSPS) is 13.2. The van der Waals surface area contributed by atoms with Crippen molar-refractivity contribution in [2.75, 3.05) is 33.0 Å². The van der Waals surface area contributed by atoms with Crippen LogP contribution in [-0.4, -0.2) is 49.9 Å². The van der Waals surface area contributed by atoms with Crippen molar-refractivity contribution in [3.8, 4) is 0 Å². The Morgan fingerprint density at radius 2 is 0.719 bits per heavy atom. The summed E-state index contributed by atoms with van der Waals surface area (Å²) in [6, 6.07) is 0. The van der Waals surface area contributed by atoms with Gasteiger partial charge in [-0.15, -0.1) is 0 Å². The van der Waals surface area contributed by atoms with Crippen LogP contribution in [0.3, 0.4) is 0 Å². The van der Waals surface area contributed by atoms with Crippen LogP contribution in [0, 0.1) is 5.92 Å². The van der Waals surface area contributed by atoms with Crippen molar-refractivity contribution >= 4 is 13.8 Å². The summed E-state index contributed by atoms with van der Waals surface area (Å²) < 4.78 is 34.8. The predicted molar refractivity (Wildman–Crippen MR) is 275 cm³/mol. The molecule has 0 aromatic rings. The van der Waals surface area contributed by atoms with Crippen molar-refractivity contribution in [2.24, 2.45) is 11.7 Å². The Kier molecular flexibility index (Phi) is 51.5. The molecule has 2 atom stereocenters. The highest BCUT2D eigenvalue weighted by Crippen LogP contribution is 2.43. The van der Waals surface area contributed by atoms with Gasteiger partial charge in [-0.05, 0) is 19.3 Å². The van der Waals surface area contributed by atoms with Crippen molar-refractivity contribution in [2.45, 2.75) is 309 Å². The average Bonchev–Trinajstić information content (AvgIpc) is 3.29. The van der Waals surface area contributed by atoms with Gasteiger partial charge in [0, 0.05) is 13.2 Å². The molecule has 0 heterocycles. The van der Waals surface area contributed by atoms with Crippen LogP contribution in [-0.2, 0) is 27.9 Å². The van der Waals surface area contributed by atoms with E-state index in [2.05, 4.69) is 20.8 Å². The van der Waals surface area contributed by atoms with Gasteiger partial charge in [-0.3, -0.25) is 13.8 Å². The van der Waals surface area contributed by atoms with E-state index in [1.165, 1.54) is 231 Å². The van der Waals surface area contributed by atoms with Gasteiger partial charge in [0.1, 0.15) is 12.7 Å². The summed E-state index contributed by atoms with van der Waals surface area (Å²) in [7, 11) is -4.28. The van der Waals surface area contributed by atoms with Gasteiger partial charge in [0.2, 0.25) is 0 Å². The molecule has 64 heavy (non-hydrogen) atoms. The second-order valence-electron chi connectivity index (χ2n) is 19.6. The zero-order valence-corrected chi connectivity index (χ0v) is 44.1. The maximum Gasteiger partial charge on any atom is 0.472 e. The fraction of sp³-hybridized carbons (Fsp3) is 0.982. The van der Waals surface area contributed by atoms with Crippen LogP contribution >= 0.6 is 7.82 Å². The lowest BCUT2D eigenvalue weighted by Gasteiger charge is -2.22. The maximum absolute atomic E-state index is 13.7. The Bertz CT molecular complexity index is 939. The minimum atomic E-state index is -4.28. The number of phosphoric ester groups is 1. The van der Waals surface area contributed by atoms with E-state index in [0.29, 0.717) is 6.61 Å².